The van der Waals surface area contributed by atoms with E-state index in [1.807, 2.05) is 18.7 Å². The van der Waals surface area contributed by atoms with E-state index in [1.54, 1.807) is 19.2 Å². The van der Waals surface area contributed by atoms with E-state index in [9.17, 15) is 4.79 Å². The van der Waals surface area contributed by atoms with E-state index in [-0.39, 0.29) is 30.3 Å². The second kappa shape index (κ2) is 8.88. The Morgan fingerprint density at radius 2 is 1.83 bits per heavy atom. The first kappa shape index (κ1) is 19.4. The van der Waals surface area contributed by atoms with E-state index in [0.717, 1.165) is 12.8 Å². The Balaban J connectivity index is 0.00000264. The van der Waals surface area contributed by atoms with Crippen LogP contribution in [0.2, 0.25) is 0 Å². The van der Waals surface area contributed by atoms with Gasteiger partial charge >= 0.3 is 0 Å². The summed E-state index contributed by atoms with van der Waals surface area (Å²) < 4.78 is 10.7. The molecular formula is C15H25ClN4O3. The summed E-state index contributed by atoms with van der Waals surface area (Å²) in [5, 5.41) is 7.82. The van der Waals surface area contributed by atoms with Gasteiger partial charge in [0.15, 0.2) is 0 Å². The second-order valence-corrected chi connectivity index (χ2v) is 5.83. The third-order valence-electron chi connectivity index (χ3n) is 3.87. The highest BCUT2D eigenvalue weighted by molar-refractivity contribution is 5.85. The van der Waals surface area contributed by atoms with Crippen molar-refractivity contribution in [1.29, 1.82) is 0 Å². The van der Waals surface area contributed by atoms with E-state index in [1.165, 1.54) is 0 Å². The maximum atomic E-state index is 12.2. The van der Waals surface area contributed by atoms with Crippen molar-refractivity contribution < 1.29 is 14.3 Å². The highest BCUT2D eigenvalue weighted by Crippen LogP contribution is 2.19. The predicted octanol–water partition coefficient (Wildman–Crippen LogP) is 1.26. The minimum atomic E-state index is -0.426. The Morgan fingerprint density at radius 1 is 1.26 bits per heavy atom. The summed E-state index contributed by atoms with van der Waals surface area (Å²) in [6, 6.07) is 3.02. The molecule has 2 N–H and O–H groups in total. The molecule has 1 atom stereocenters. The Kier molecular flexibility index (Phi) is 7.51. The molecule has 2 rings (SSSR count). The number of rotatable bonds is 5. The quantitative estimate of drug-likeness (QED) is 0.864. The molecule has 0 spiro atoms. The minimum Gasteiger partial charge on any atom is -0.480 e. The van der Waals surface area contributed by atoms with Crippen molar-refractivity contribution in [2.24, 2.45) is 11.7 Å². The fourth-order valence-corrected chi connectivity index (χ4v) is 2.34. The number of aromatic nitrogens is 2. The molecule has 1 aromatic rings. The fraction of sp³-hybridized carbons (Fsp3) is 0.667. The maximum Gasteiger partial charge on any atom is 0.239 e. The first-order valence-corrected chi connectivity index (χ1v) is 7.60. The monoisotopic (exact) mass is 344 g/mol. The molecule has 0 bridgehead atoms. The number of likely N-dealkylation sites (tertiary alicyclic amines) is 1. The van der Waals surface area contributed by atoms with Crippen LogP contribution in [0.5, 0.6) is 11.8 Å². The highest BCUT2D eigenvalue weighted by atomic mass is 35.5. The topological polar surface area (TPSA) is 90.6 Å². The molecule has 0 radical (unpaired) electrons. The number of carbonyl (C=O) groups is 1. The smallest absolute Gasteiger partial charge is 0.239 e. The van der Waals surface area contributed by atoms with Gasteiger partial charge in [0.1, 0.15) is 6.10 Å². The van der Waals surface area contributed by atoms with Crippen molar-refractivity contribution in [3.05, 3.63) is 12.1 Å². The van der Waals surface area contributed by atoms with Crippen LogP contribution in [0.25, 0.3) is 0 Å². The van der Waals surface area contributed by atoms with Gasteiger partial charge in [-0.3, -0.25) is 4.79 Å². The normalized spacial score (nSPS) is 16.7. The van der Waals surface area contributed by atoms with Crippen molar-refractivity contribution >= 4 is 18.3 Å². The average molecular weight is 345 g/mol. The number of carbonyl (C=O) groups excluding carboxylic acids is 1. The number of nitrogens with two attached hydrogens (primary N) is 1. The van der Waals surface area contributed by atoms with Gasteiger partial charge in [-0.2, -0.15) is 0 Å². The molecule has 1 aromatic heterocycles. The first-order valence-electron chi connectivity index (χ1n) is 7.60. The zero-order valence-electron chi connectivity index (χ0n) is 13.8. The van der Waals surface area contributed by atoms with Crippen molar-refractivity contribution in [2.45, 2.75) is 38.8 Å². The van der Waals surface area contributed by atoms with Crippen LogP contribution in [0.4, 0.5) is 0 Å². The summed E-state index contributed by atoms with van der Waals surface area (Å²) in [4.78, 5) is 14.0. The summed E-state index contributed by atoms with van der Waals surface area (Å²) in [6.07, 6.45) is 1.58. The predicted molar refractivity (Wildman–Crippen MR) is 88.9 cm³/mol. The van der Waals surface area contributed by atoms with Gasteiger partial charge in [0.25, 0.3) is 0 Å². The van der Waals surface area contributed by atoms with E-state index >= 15 is 0 Å². The lowest BCUT2D eigenvalue weighted by atomic mass is 10.0. The van der Waals surface area contributed by atoms with Crippen molar-refractivity contribution in [2.75, 3.05) is 20.2 Å². The van der Waals surface area contributed by atoms with Crippen LogP contribution >= 0.6 is 12.4 Å². The number of nitrogens with zero attached hydrogens (tertiary/aromatic N) is 3. The zero-order chi connectivity index (χ0) is 16.1. The molecule has 1 saturated heterocycles. The Labute approximate surface area is 142 Å². The number of ether oxygens (including phenoxy) is 2. The average Bonchev–Trinajstić information content (AvgIpc) is 2.55. The summed E-state index contributed by atoms with van der Waals surface area (Å²) in [5.74, 6) is 1.11. The van der Waals surface area contributed by atoms with Crippen LogP contribution in [-0.2, 0) is 4.79 Å². The second-order valence-electron chi connectivity index (χ2n) is 5.83. The number of halogens is 1. The molecule has 1 amide bonds. The summed E-state index contributed by atoms with van der Waals surface area (Å²) in [7, 11) is 1.54. The molecule has 0 aliphatic carbocycles. The van der Waals surface area contributed by atoms with E-state index < -0.39 is 6.04 Å². The van der Waals surface area contributed by atoms with E-state index in [0.29, 0.717) is 24.8 Å². The first-order chi connectivity index (χ1) is 10.5. The molecule has 7 nitrogen and oxygen atoms in total. The standard InChI is InChI=1S/C15H24N4O3.ClH/c1-10(2)14(16)15(20)19-8-6-11(7-9-19)22-13-5-4-12(21-3)17-18-13;/h4-5,10-11,14H,6-9,16H2,1-3H3;1H/t14-;/m0./s1. The summed E-state index contributed by atoms with van der Waals surface area (Å²) in [5.41, 5.74) is 5.92. The van der Waals surface area contributed by atoms with Gasteiger partial charge in [0.2, 0.25) is 17.7 Å². The van der Waals surface area contributed by atoms with Gasteiger partial charge in [-0.15, -0.1) is 22.6 Å². The summed E-state index contributed by atoms with van der Waals surface area (Å²) >= 11 is 0. The number of hydrogen-bond donors (Lipinski definition) is 1. The van der Waals surface area contributed by atoms with Gasteiger partial charge in [0.05, 0.1) is 13.2 Å². The number of piperidine rings is 1. The number of methoxy groups -OCH3 is 1. The SMILES string of the molecule is COc1ccc(OC2CCN(C(=O)[C@@H](N)C(C)C)CC2)nn1.Cl. The fourth-order valence-electron chi connectivity index (χ4n) is 2.34. The molecule has 0 unspecified atom stereocenters. The molecule has 130 valence electrons. The third kappa shape index (κ3) is 5.21. The van der Waals surface area contributed by atoms with Crippen molar-refractivity contribution in [1.82, 2.24) is 15.1 Å². The Morgan fingerprint density at radius 3 is 2.30 bits per heavy atom. The van der Waals surface area contributed by atoms with E-state index in [4.69, 9.17) is 15.2 Å². The lowest BCUT2D eigenvalue weighted by Gasteiger charge is -2.34. The molecular weight excluding hydrogens is 320 g/mol. The van der Waals surface area contributed by atoms with Gasteiger partial charge in [-0.05, 0) is 5.92 Å². The molecule has 0 aromatic carbocycles. The van der Waals surface area contributed by atoms with Crippen LogP contribution in [-0.4, -0.2) is 53.3 Å². The molecule has 1 aliphatic rings. The van der Waals surface area contributed by atoms with Gasteiger partial charge < -0.3 is 20.1 Å². The van der Waals surface area contributed by atoms with Crippen LogP contribution < -0.4 is 15.2 Å². The third-order valence-corrected chi connectivity index (χ3v) is 3.87. The minimum absolute atomic E-state index is 0. The van der Waals surface area contributed by atoms with Crippen molar-refractivity contribution in [3.8, 4) is 11.8 Å². The van der Waals surface area contributed by atoms with Crippen LogP contribution in [0.1, 0.15) is 26.7 Å². The Bertz CT molecular complexity index is 490. The largest absolute Gasteiger partial charge is 0.480 e. The molecule has 2 heterocycles. The summed E-state index contributed by atoms with van der Waals surface area (Å²) in [6.45, 7) is 5.24. The number of amides is 1. The van der Waals surface area contributed by atoms with Gasteiger partial charge in [-0.1, -0.05) is 13.8 Å². The van der Waals surface area contributed by atoms with E-state index in [2.05, 4.69) is 10.2 Å². The lowest BCUT2D eigenvalue weighted by Crippen LogP contribution is -2.50. The van der Waals surface area contributed by atoms with Crippen LogP contribution in [0.3, 0.4) is 0 Å². The van der Waals surface area contributed by atoms with Crippen molar-refractivity contribution in [3.63, 3.8) is 0 Å². The molecule has 1 fully saturated rings. The molecule has 23 heavy (non-hydrogen) atoms. The maximum absolute atomic E-state index is 12.2. The van der Waals surface area contributed by atoms with Crippen LogP contribution in [0.15, 0.2) is 12.1 Å². The van der Waals surface area contributed by atoms with Gasteiger partial charge in [-0.25, -0.2) is 0 Å². The lowest BCUT2D eigenvalue weighted by molar-refractivity contribution is -0.135. The molecule has 1 aliphatic heterocycles. The zero-order valence-corrected chi connectivity index (χ0v) is 14.6. The molecule has 0 saturated carbocycles. The highest BCUT2D eigenvalue weighted by Gasteiger charge is 2.28. The Hall–Kier alpha value is -1.60. The van der Waals surface area contributed by atoms with Gasteiger partial charge in [0, 0.05) is 38.1 Å². The number of hydrogen-bond acceptors (Lipinski definition) is 6. The van der Waals surface area contributed by atoms with Crippen LogP contribution in [0, 0.1) is 5.92 Å². The molecule has 8 heteroatoms.